The van der Waals surface area contributed by atoms with Crippen LogP contribution in [0.5, 0.6) is 0 Å². The minimum absolute atomic E-state index is 0.0201. The van der Waals surface area contributed by atoms with Crippen molar-refractivity contribution in [1.82, 2.24) is 5.32 Å². The lowest BCUT2D eigenvalue weighted by Crippen LogP contribution is -2.47. The third-order valence-electron chi connectivity index (χ3n) is 2.69. The molecule has 1 atom stereocenters. The molecule has 0 amide bonds. The summed E-state index contributed by atoms with van der Waals surface area (Å²) in [5.74, 6) is -0.841. The Kier molecular flexibility index (Phi) is 3.70. The predicted molar refractivity (Wildman–Crippen MR) is 64.4 cm³/mol. The van der Waals surface area contributed by atoms with Gasteiger partial charge in [0.05, 0.1) is 0 Å². The Morgan fingerprint density at radius 3 is 2.25 bits per heavy atom. The average Bonchev–Trinajstić information content (AvgIpc) is 2.17. The van der Waals surface area contributed by atoms with Crippen LogP contribution in [0.2, 0.25) is 0 Å². The highest BCUT2D eigenvalue weighted by atomic mass is 16.4. The third kappa shape index (κ3) is 3.07. The molecule has 3 nitrogen and oxygen atoms in total. The van der Waals surface area contributed by atoms with Crippen LogP contribution in [0.15, 0.2) is 24.3 Å². The van der Waals surface area contributed by atoms with Crippen LogP contribution in [0, 0.1) is 6.92 Å². The van der Waals surface area contributed by atoms with Crippen LogP contribution < -0.4 is 5.32 Å². The second kappa shape index (κ2) is 4.66. The van der Waals surface area contributed by atoms with Gasteiger partial charge in [0, 0.05) is 6.04 Å². The number of hydrogen-bond acceptors (Lipinski definition) is 2. The summed E-state index contributed by atoms with van der Waals surface area (Å²) in [7, 11) is 0. The smallest absolute Gasteiger partial charge is 0.323 e. The number of aryl methyl sites for hydroxylation is 1. The van der Waals surface area contributed by atoms with Crippen LogP contribution >= 0.6 is 0 Å². The van der Waals surface area contributed by atoms with Gasteiger partial charge in [0.1, 0.15) is 5.54 Å². The van der Waals surface area contributed by atoms with Crippen molar-refractivity contribution in [2.24, 2.45) is 0 Å². The number of aliphatic carboxylic acids is 1. The zero-order chi connectivity index (χ0) is 12.3. The van der Waals surface area contributed by atoms with Gasteiger partial charge in [0.15, 0.2) is 0 Å². The fourth-order valence-electron chi connectivity index (χ4n) is 1.54. The van der Waals surface area contributed by atoms with E-state index < -0.39 is 11.5 Å². The van der Waals surface area contributed by atoms with Crippen LogP contribution in [-0.4, -0.2) is 16.6 Å². The maximum absolute atomic E-state index is 11.0. The van der Waals surface area contributed by atoms with Gasteiger partial charge in [0.25, 0.3) is 0 Å². The number of hydrogen-bond donors (Lipinski definition) is 2. The topological polar surface area (TPSA) is 49.3 Å². The average molecular weight is 221 g/mol. The summed E-state index contributed by atoms with van der Waals surface area (Å²) in [6.45, 7) is 7.33. The molecule has 0 spiro atoms. The van der Waals surface area contributed by atoms with Crippen LogP contribution in [0.1, 0.15) is 37.9 Å². The van der Waals surface area contributed by atoms with Gasteiger partial charge < -0.3 is 5.11 Å². The highest BCUT2D eigenvalue weighted by Gasteiger charge is 2.28. The SMILES string of the molecule is Cc1ccc(C(C)NC(C)(C)C(=O)O)cc1. The molecule has 0 radical (unpaired) electrons. The molecule has 0 bridgehead atoms. The van der Waals surface area contributed by atoms with E-state index in [9.17, 15) is 4.79 Å². The molecule has 1 aromatic rings. The van der Waals surface area contributed by atoms with Crippen molar-refractivity contribution in [3.63, 3.8) is 0 Å². The van der Waals surface area contributed by atoms with Gasteiger partial charge in [-0.2, -0.15) is 0 Å². The zero-order valence-corrected chi connectivity index (χ0v) is 10.2. The van der Waals surface area contributed by atoms with E-state index >= 15 is 0 Å². The summed E-state index contributed by atoms with van der Waals surface area (Å²) in [6.07, 6.45) is 0. The molecule has 0 heterocycles. The first-order valence-electron chi connectivity index (χ1n) is 5.40. The Morgan fingerprint density at radius 2 is 1.81 bits per heavy atom. The van der Waals surface area contributed by atoms with E-state index in [0.29, 0.717) is 0 Å². The molecule has 1 unspecified atom stereocenters. The van der Waals surface area contributed by atoms with E-state index in [2.05, 4.69) is 5.32 Å². The lowest BCUT2D eigenvalue weighted by Gasteiger charge is -2.26. The molecule has 16 heavy (non-hydrogen) atoms. The van der Waals surface area contributed by atoms with Gasteiger partial charge in [-0.15, -0.1) is 0 Å². The summed E-state index contributed by atoms with van der Waals surface area (Å²) in [4.78, 5) is 11.0. The summed E-state index contributed by atoms with van der Waals surface area (Å²) >= 11 is 0. The lowest BCUT2D eigenvalue weighted by atomic mass is 10.0. The predicted octanol–water partition coefficient (Wildman–Crippen LogP) is 2.51. The number of benzene rings is 1. The van der Waals surface area contributed by atoms with E-state index in [1.54, 1.807) is 13.8 Å². The van der Waals surface area contributed by atoms with Crippen LogP contribution in [-0.2, 0) is 4.79 Å². The largest absolute Gasteiger partial charge is 0.480 e. The van der Waals surface area contributed by atoms with E-state index in [-0.39, 0.29) is 6.04 Å². The monoisotopic (exact) mass is 221 g/mol. The van der Waals surface area contributed by atoms with E-state index in [1.807, 2.05) is 38.1 Å². The minimum Gasteiger partial charge on any atom is -0.480 e. The van der Waals surface area contributed by atoms with Gasteiger partial charge in [-0.25, -0.2) is 0 Å². The first-order chi connectivity index (χ1) is 7.33. The van der Waals surface area contributed by atoms with Crippen molar-refractivity contribution in [2.45, 2.75) is 39.3 Å². The first kappa shape index (κ1) is 12.7. The van der Waals surface area contributed by atoms with E-state index in [4.69, 9.17) is 5.11 Å². The van der Waals surface area contributed by atoms with Crippen LogP contribution in [0.25, 0.3) is 0 Å². The van der Waals surface area contributed by atoms with Gasteiger partial charge in [0.2, 0.25) is 0 Å². The van der Waals surface area contributed by atoms with Crippen molar-refractivity contribution in [2.75, 3.05) is 0 Å². The molecule has 3 heteroatoms. The number of carboxylic acid groups (broad SMARTS) is 1. The van der Waals surface area contributed by atoms with Gasteiger partial charge >= 0.3 is 5.97 Å². The molecule has 0 aliphatic heterocycles. The molecule has 1 aromatic carbocycles. The van der Waals surface area contributed by atoms with Crippen molar-refractivity contribution < 1.29 is 9.90 Å². The molecule has 0 fully saturated rings. The van der Waals surface area contributed by atoms with Crippen molar-refractivity contribution in [1.29, 1.82) is 0 Å². The Hall–Kier alpha value is -1.35. The number of carbonyl (C=O) groups is 1. The van der Waals surface area contributed by atoms with Gasteiger partial charge in [-0.05, 0) is 33.3 Å². The first-order valence-corrected chi connectivity index (χ1v) is 5.40. The highest BCUT2D eigenvalue weighted by molar-refractivity contribution is 5.77. The number of nitrogens with one attached hydrogen (secondary N) is 1. The Labute approximate surface area is 96.5 Å². The fourth-order valence-corrected chi connectivity index (χ4v) is 1.54. The molecule has 0 aliphatic carbocycles. The standard InChI is InChI=1S/C13H19NO2/c1-9-5-7-11(8-6-9)10(2)14-13(3,4)12(15)16/h5-8,10,14H,1-4H3,(H,15,16). The molecule has 0 aromatic heterocycles. The molecule has 2 N–H and O–H groups in total. The Balaban J connectivity index is 2.76. The Morgan fingerprint density at radius 1 is 1.31 bits per heavy atom. The minimum atomic E-state index is -0.912. The van der Waals surface area contributed by atoms with Gasteiger partial charge in [-0.1, -0.05) is 29.8 Å². The zero-order valence-electron chi connectivity index (χ0n) is 10.2. The molecular weight excluding hydrogens is 202 g/mol. The molecule has 0 saturated carbocycles. The molecular formula is C13H19NO2. The Bertz CT molecular complexity index is 368. The molecule has 88 valence electrons. The van der Waals surface area contributed by atoms with Crippen LogP contribution in [0.3, 0.4) is 0 Å². The van der Waals surface area contributed by atoms with E-state index in [1.165, 1.54) is 5.56 Å². The third-order valence-corrected chi connectivity index (χ3v) is 2.69. The van der Waals surface area contributed by atoms with E-state index in [0.717, 1.165) is 5.56 Å². The van der Waals surface area contributed by atoms with Crippen LogP contribution in [0.4, 0.5) is 0 Å². The quantitative estimate of drug-likeness (QED) is 0.821. The summed E-state index contributed by atoms with van der Waals surface area (Å²) in [5.41, 5.74) is 1.39. The normalized spacial score (nSPS) is 13.5. The van der Waals surface area contributed by atoms with Gasteiger partial charge in [-0.3, -0.25) is 10.1 Å². The van der Waals surface area contributed by atoms with Crippen molar-refractivity contribution >= 4 is 5.97 Å². The number of carboxylic acids is 1. The van der Waals surface area contributed by atoms with Crippen molar-refractivity contribution in [3.8, 4) is 0 Å². The highest BCUT2D eigenvalue weighted by Crippen LogP contribution is 2.17. The number of rotatable bonds is 4. The maximum Gasteiger partial charge on any atom is 0.323 e. The molecule has 0 aliphatic rings. The summed E-state index contributed by atoms with van der Waals surface area (Å²) in [5, 5.41) is 12.1. The second-order valence-corrected chi connectivity index (χ2v) is 4.71. The summed E-state index contributed by atoms with van der Waals surface area (Å²) in [6, 6.07) is 8.12. The lowest BCUT2D eigenvalue weighted by molar-refractivity contribution is -0.143. The second-order valence-electron chi connectivity index (χ2n) is 4.71. The molecule has 1 rings (SSSR count). The fraction of sp³-hybridized carbons (Fsp3) is 0.462. The van der Waals surface area contributed by atoms with Crippen molar-refractivity contribution in [3.05, 3.63) is 35.4 Å². The maximum atomic E-state index is 11.0. The summed E-state index contributed by atoms with van der Waals surface area (Å²) < 4.78 is 0. The molecule has 0 saturated heterocycles.